The van der Waals surface area contributed by atoms with E-state index in [-0.39, 0.29) is 17.7 Å². The Kier molecular flexibility index (Phi) is 6.12. The van der Waals surface area contributed by atoms with Crippen LogP contribution in [0.5, 0.6) is 5.75 Å². The van der Waals surface area contributed by atoms with E-state index in [1.165, 1.54) is 0 Å². The topological polar surface area (TPSA) is 46.6 Å². The maximum atomic E-state index is 12.2. The number of carbonyl (C=O) groups excluding carboxylic acids is 2. The molecule has 0 aromatic heterocycles. The van der Waals surface area contributed by atoms with Crippen LogP contribution in [0.1, 0.15) is 11.1 Å². The van der Waals surface area contributed by atoms with Crippen LogP contribution in [0.4, 0.5) is 4.79 Å². The Bertz CT molecular complexity index is 964. The number of carbonyl (C=O) groups is 2. The summed E-state index contributed by atoms with van der Waals surface area (Å²) in [5.74, 6) is 2.60. The molecule has 4 nitrogen and oxygen atoms in total. The van der Waals surface area contributed by atoms with Gasteiger partial charge in [0, 0.05) is 0 Å². The molecule has 0 radical (unpaired) electrons. The molecule has 2 amide bonds. The lowest BCUT2D eigenvalue weighted by atomic mass is 10.2. The van der Waals surface area contributed by atoms with E-state index in [0.717, 1.165) is 27.8 Å². The number of hydrogen-bond donors (Lipinski definition) is 0. The highest BCUT2D eigenvalue weighted by molar-refractivity contribution is 8.18. The first-order valence-electron chi connectivity index (χ1n) is 7.83. The van der Waals surface area contributed by atoms with Gasteiger partial charge in [0.25, 0.3) is 11.1 Å². The maximum Gasteiger partial charge on any atom is 0.294 e. The van der Waals surface area contributed by atoms with Gasteiger partial charge in [-0.05, 0) is 53.2 Å². The van der Waals surface area contributed by atoms with Gasteiger partial charge >= 0.3 is 0 Å². The molecule has 0 spiro atoms. The van der Waals surface area contributed by atoms with Crippen LogP contribution >= 0.6 is 35.0 Å². The summed E-state index contributed by atoms with van der Waals surface area (Å²) in [7, 11) is 0. The molecule has 27 heavy (non-hydrogen) atoms. The molecule has 1 fully saturated rings. The molecule has 0 bridgehead atoms. The minimum absolute atomic E-state index is 0.0243. The first-order valence-corrected chi connectivity index (χ1v) is 9.41. The quantitative estimate of drug-likeness (QED) is 0.492. The van der Waals surface area contributed by atoms with Gasteiger partial charge in [-0.1, -0.05) is 47.3 Å². The molecule has 0 N–H and O–H groups in total. The molecule has 1 aliphatic heterocycles. The molecule has 2 aromatic carbocycles. The van der Waals surface area contributed by atoms with Crippen molar-refractivity contribution in [3.63, 3.8) is 0 Å². The minimum Gasteiger partial charge on any atom is -0.489 e. The van der Waals surface area contributed by atoms with E-state index in [2.05, 4.69) is 5.92 Å². The van der Waals surface area contributed by atoms with Gasteiger partial charge in [-0.2, -0.15) is 0 Å². The van der Waals surface area contributed by atoms with E-state index in [0.29, 0.717) is 27.3 Å². The summed E-state index contributed by atoms with van der Waals surface area (Å²) in [6, 6.07) is 12.5. The second-order valence-corrected chi connectivity index (χ2v) is 7.39. The van der Waals surface area contributed by atoms with Crippen LogP contribution in [0.3, 0.4) is 0 Å². The highest BCUT2D eigenvalue weighted by Crippen LogP contribution is 2.32. The van der Waals surface area contributed by atoms with Crippen molar-refractivity contribution in [3.8, 4) is 18.1 Å². The molecule has 0 unspecified atom stereocenters. The standard InChI is InChI=1S/C20H13Cl2NO3S/c1-2-9-23-19(24)18(27-20(23)25)11-13-3-6-15(7-4-13)26-12-14-5-8-16(21)17(22)10-14/h1,3-8,10-11H,9,12H2. The van der Waals surface area contributed by atoms with Gasteiger partial charge in [-0.25, -0.2) is 0 Å². The number of terminal acetylenes is 1. The lowest BCUT2D eigenvalue weighted by molar-refractivity contribution is -0.122. The number of hydrogen-bond acceptors (Lipinski definition) is 4. The molecule has 0 aliphatic carbocycles. The molecule has 1 heterocycles. The van der Waals surface area contributed by atoms with Crippen LogP contribution in [0.25, 0.3) is 6.08 Å². The smallest absolute Gasteiger partial charge is 0.294 e. The molecule has 3 rings (SSSR count). The summed E-state index contributed by atoms with van der Waals surface area (Å²) in [5.41, 5.74) is 1.68. The number of benzene rings is 2. The molecule has 136 valence electrons. The predicted molar refractivity (Wildman–Crippen MR) is 109 cm³/mol. The Balaban J connectivity index is 1.65. The summed E-state index contributed by atoms with van der Waals surface area (Å²) < 4.78 is 5.72. The fourth-order valence-electron chi connectivity index (χ4n) is 2.34. The third-order valence-electron chi connectivity index (χ3n) is 3.69. The molecule has 1 aliphatic rings. The molecule has 1 saturated heterocycles. The molecule has 2 aromatic rings. The number of nitrogens with zero attached hydrogens (tertiary/aromatic N) is 1. The molecular formula is C20H13Cl2NO3S. The Morgan fingerprint density at radius 2 is 1.85 bits per heavy atom. The zero-order chi connectivity index (χ0) is 19.4. The third-order valence-corrected chi connectivity index (χ3v) is 5.34. The number of rotatable bonds is 5. The van der Waals surface area contributed by atoms with Gasteiger partial charge in [0.05, 0.1) is 21.5 Å². The first kappa shape index (κ1) is 19.4. The van der Waals surface area contributed by atoms with Crippen molar-refractivity contribution in [3.05, 3.63) is 68.5 Å². The van der Waals surface area contributed by atoms with E-state index in [9.17, 15) is 9.59 Å². The van der Waals surface area contributed by atoms with Crippen LogP contribution in [0.15, 0.2) is 47.4 Å². The molecule has 0 atom stereocenters. The number of amides is 2. The Labute approximate surface area is 171 Å². The SMILES string of the molecule is C#CCN1C(=O)SC(=Cc2ccc(OCc3ccc(Cl)c(Cl)c3)cc2)C1=O. The van der Waals surface area contributed by atoms with Crippen LogP contribution in [-0.2, 0) is 11.4 Å². The van der Waals surface area contributed by atoms with Crippen molar-refractivity contribution in [2.24, 2.45) is 0 Å². The summed E-state index contributed by atoms with van der Waals surface area (Å²) in [4.78, 5) is 25.3. The second kappa shape index (κ2) is 8.53. The summed E-state index contributed by atoms with van der Waals surface area (Å²) in [6.45, 7) is 0.324. The summed E-state index contributed by atoms with van der Waals surface area (Å²) in [6.07, 6.45) is 6.84. The Hall–Kier alpha value is -2.39. The number of thioether (sulfide) groups is 1. The van der Waals surface area contributed by atoms with Crippen molar-refractivity contribution in [2.45, 2.75) is 6.61 Å². The second-order valence-electron chi connectivity index (χ2n) is 5.58. The molecular weight excluding hydrogens is 405 g/mol. The van der Waals surface area contributed by atoms with E-state index in [4.69, 9.17) is 34.4 Å². The van der Waals surface area contributed by atoms with Gasteiger partial charge in [0.15, 0.2) is 0 Å². The first-order chi connectivity index (χ1) is 13.0. The zero-order valence-corrected chi connectivity index (χ0v) is 16.3. The van der Waals surface area contributed by atoms with Crippen LogP contribution in [-0.4, -0.2) is 22.6 Å². The monoisotopic (exact) mass is 417 g/mol. The average Bonchev–Trinajstić information content (AvgIpc) is 2.92. The lowest BCUT2D eigenvalue weighted by Crippen LogP contribution is -2.28. The highest BCUT2D eigenvalue weighted by atomic mass is 35.5. The largest absolute Gasteiger partial charge is 0.489 e. The van der Waals surface area contributed by atoms with E-state index < -0.39 is 0 Å². The van der Waals surface area contributed by atoms with Crippen molar-refractivity contribution < 1.29 is 14.3 Å². The van der Waals surface area contributed by atoms with E-state index >= 15 is 0 Å². The number of halogens is 2. The fourth-order valence-corrected chi connectivity index (χ4v) is 3.49. The molecule has 0 saturated carbocycles. The average molecular weight is 418 g/mol. The van der Waals surface area contributed by atoms with Gasteiger partial charge in [-0.15, -0.1) is 6.42 Å². The van der Waals surface area contributed by atoms with Crippen molar-refractivity contribution in [2.75, 3.05) is 6.54 Å². The molecule has 7 heteroatoms. The maximum absolute atomic E-state index is 12.2. The van der Waals surface area contributed by atoms with Gasteiger partial charge in [-0.3, -0.25) is 14.5 Å². The van der Waals surface area contributed by atoms with Gasteiger partial charge in [0.2, 0.25) is 0 Å². The summed E-state index contributed by atoms with van der Waals surface area (Å²) in [5, 5.41) is 0.620. The highest BCUT2D eigenvalue weighted by Gasteiger charge is 2.34. The summed E-state index contributed by atoms with van der Waals surface area (Å²) >= 11 is 12.8. The predicted octanol–water partition coefficient (Wildman–Crippen LogP) is 5.24. The van der Waals surface area contributed by atoms with Crippen LogP contribution in [0, 0.1) is 12.3 Å². The number of imide groups is 1. The van der Waals surface area contributed by atoms with Crippen molar-refractivity contribution in [1.29, 1.82) is 0 Å². The fraction of sp³-hybridized carbons (Fsp3) is 0.100. The van der Waals surface area contributed by atoms with Gasteiger partial charge < -0.3 is 4.74 Å². The van der Waals surface area contributed by atoms with Crippen LogP contribution in [0.2, 0.25) is 10.0 Å². The number of ether oxygens (including phenoxy) is 1. The zero-order valence-electron chi connectivity index (χ0n) is 13.9. The normalized spacial score (nSPS) is 15.3. The van der Waals surface area contributed by atoms with E-state index in [1.807, 2.05) is 6.07 Å². The minimum atomic E-state index is -0.372. The van der Waals surface area contributed by atoms with Gasteiger partial charge in [0.1, 0.15) is 12.4 Å². The van der Waals surface area contributed by atoms with E-state index in [1.54, 1.807) is 42.5 Å². The third kappa shape index (κ3) is 4.67. The van der Waals surface area contributed by atoms with Crippen LogP contribution < -0.4 is 4.74 Å². The van der Waals surface area contributed by atoms with Crippen molar-refractivity contribution in [1.82, 2.24) is 4.90 Å². The van der Waals surface area contributed by atoms with Crippen molar-refractivity contribution >= 4 is 52.2 Å². The Morgan fingerprint density at radius 1 is 1.11 bits per heavy atom. The Morgan fingerprint density at radius 3 is 2.52 bits per heavy atom. The lowest BCUT2D eigenvalue weighted by Gasteiger charge is -2.08.